The fourth-order valence-corrected chi connectivity index (χ4v) is 12.2. The molecule has 4 saturated carbocycles. The van der Waals surface area contributed by atoms with Crippen LogP contribution in [0.3, 0.4) is 0 Å². The van der Waals surface area contributed by atoms with Crippen LogP contribution < -0.4 is 0 Å². The van der Waals surface area contributed by atoms with E-state index >= 15 is 0 Å². The molecular weight excluding hydrogens is 604 g/mol. The molecule has 0 radical (unpaired) electrons. The summed E-state index contributed by atoms with van der Waals surface area (Å²) in [5, 5.41) is 41.7. The van der Waals surface area contributed by atoms with Gasteiger partial charge in [-0.2, -0.15) is 0 Å². The maximum atomic E-state index is 13.0. The quantitative estimate of drug-likeness (QED) is 0.172. The number of aliphatic hydroxyl groups excluding tert-OH is 2. The van der Waals surface area contributed by atoms with Crippen molar-refractivity contribution >= 4 is 17.9 Å². The van der Waals surface area contributed by atoms with Gasteiger partial charge in [-0.3, -0.25) is 14.4 Å². The number of carboxylic acids is 2. The van der Waals surface area contributed by atoms with Crippen LogP contribution in [0.2, 0.25) is 0 Å². The van der Waals surface area contributed by atoms with Gasteiger partial charge < -0.3 is 34.6 Å². The van der Waals surface area contributed by atoms with Crippen LogP contribution >= 0.6 is 0 Å². The van der Waals surface area contributed by atoms with Gasteiger partial charge in [0.2, 0.25) is 0 Å². The second kappa shape index (κ2) is 11.3. The highest BCUT2D eigenvalue weighted by Gasteiger charge is 2.70. The van der Waals surface area contributed by atoms with Gasteiger partial charge in [0, 0.05) is 6.92 Å². The number of hydrogen-bond acceptors (Lipinski definition) is 8. The Bertz CT molecular complexity index is 1340. The molecule has 0 amide bonds. The van der Waals surface area contributed by atoms with Gasteiger partial charge in [0.05, 0.1) is 23.5 Å². The predicted molar refractivity (Wildman–Crippen MR) is 171 cm³/mol. The van der Waals surface area contributed by atoms with Gasteiger partial charge in [-0.25, -0.2) is 0 Å². The van der Waals surface area contributed by atoms with Crippen molar-refractivity contribution in [3.05, 3.63) is 11.6 Å². The Morgan fingerprint density at radius 1 is 0.872 bits per heavy atom. The maximum absolute atomic E-state index is 13.0. The first-order chi connectivity index (χ1) is 21.8. The highest BCUT2D eigenvalue weighted by Crippen LogP contribution is 2.76. The molecule has 264 valence electrons. The third-order valence-electron chi connectivity index (χ3n) is 15.3. The first-order valence-electron chi connectivity index (χ1n) is 17.7. The third kappa shape index (κ3) is 4.89. The van der Waals surface area contributed by atoms with Crippen molar-refractivity contribution in [2.45, 2.75) is 143 Å². The Hall–Kier alpha value is -2.01. The van der Waals surface area contributed by atoms with Crippen molar-refractivity contribution in [2.75, 3.05) is 6.61 Å². The zero-order valence-corrected chi connectivity index (χ0v) is 29.2. The predicted octanol–water partition coefficient (Wildman–Crippen LogP) is 5.33. The van der Waals surface area contributed by atoms with Gasteiger partial charge in [0.25, 0.3) is 0 Å². The molecule has 47 heavy (non-hydrogen) atoms. The van der Waals surface area contributed by atoms with E-state index in [-0.39, 0.29) is 40.3 Å². The average molecular weight is 661 g/mol. The van der Waals surface area contributed by atoms with Crippen LogP contribution in [0.15, 0.2) is 11.6 Å². The fourth-order valence-electron chi connectivity index (χ4n) is 12.2. The number of aliphatic carboxylic acids is 2. The molecule has 6 aliphatic rings. The van der Waals surface area contributed by atoms with Crippen molar-refractivity contribution in [3.8, 4) is 0 Å². The van der Waals surface area contributed by atoms with Crippen LogP contribution in [0.5, 0.6) is 0 Å². The summed E-state index contributed by atoms with van der Waals surface area (Å²) in [4.78, 5) is 37.3. The van der Waals surface area contributed by atoms with Crippen molar-refractivity contribution in [1.29, 1.82) is 0 Å². The maximum Gasteiger partial charge on any atom is 0.310 e. The summed E-state index contributed by atoms with van der Waals surface area (Å²) in [5.74, 6) is -1.81. The fraction of sp³-hybridized carbons (Fsp3) is 0.865. The molecule has 5 aliphatic carbocycles. The largest absolute Gasteiger partial charge is 0.481 e. The number of carbonyl (C=O) groups is 3. The van der Waals surface area contributed by atoms with Crippen molar-refractivity contribution in [3.63, 3.8) is 0 Å². The molecule has 10 heteroatoms. The molecule has 6 rings (SSSR count). The van der Waals surface area contributed by atoms with E-state index in [1.54, 1.807) is 6.92 Å². The Morgan fingerprint density at radius 3 is 2.19 bits per heavy atom. The van der Waals surface area contributed by atoms with Crippen LogP contribution in [0.4, 0.5) is 0 Å². The number of rotatable bonds is 5. The summed E-state index contributed by atoms with van der Waals surface area (Å²) in [6, 6.07) is 0. The van der Waals surface area contributed by atoms with E-state index in [1.165, 1.54) is 12.5 Å². The zero-order valence-electron chi connectivity index (χ0n) is 29.2. The Balaban J connectivity index is 1.30. The molecule has 13 atom stereocenters. The summed E-state index contributed by atoms with van der Waals surface area (Å²) in [5.41, 5.74) is -1.26. The summed E-state index contributed by atoms with van der Waals surface area (Å²) < 4.78 is 17.8. The van der Waals surface area contributed by atoms with Crippen LogP contribution in [0, 0.1) is 50.2 Å². The normalized spacial score (nSPS) is 50.4. The van der Waals surface area contributed by atoms with Crippen molar-refractivity contribution in [1.82, 2.24) is 0 Å². The van der Waals surface area contributed by atoms with E-state index in [1.807, 2.05) is 0 Å². The van der Waals surface area contributed by atoms with E-state index in [2.05, 4.69) is 40.7 Å². The van der Waals surface area contributed by atoms with Gasteiger partial charge in [-0.05, 0) is 111 Å². The Morgan fingerprint density at radius 2 is 1.55 bits per heavy atom. The molecule has 1 heterocycles. The minimum absolute atomic E-state index is 0.0245. The molecule has 0 bridgehead atoms. The molecule has 5 fully saturated rings. The topological polar surface area (TPSA) is 160 Å². The lowest BCUT2D eigenvalue weighted by Gasteiger charge is -2.71. The van der Waals surface area contributed by atoms with E-state index in [9.17, 15) is 34.8 Å². The molecule has 0 aromatic heterocycles. The molecule has 0 spiro atoms. The first-order valence-corrected chi connectivity index (χ1v) is 17.7. The van der Waals surface area contributed by atoms with Gasteiger partial charge in [-0.15, -0.1) is 0 Å². The number of ether oxygens (including phenoxy) is 3. The van der Waals surface area contributed by atoms with Gasteiger partial charge in [0.15, 0.2) is 12.4 Å². The van der Waals surface area contributed by atoms with Crippen LogP contribution in [0.1, 0.15) is 113 Å². The van der Waals surface area contributed by atoms with Gasteiger partial charge in [-0.1, -0.05) is 46.3 Å². The molecule has 10 nitrogen and oxygen atoms in total. The second-order valence-electron chi connectivity index (χ2n) is 17.7. The van der Waals surface area contributed by atoms with E-state index < -0.39 is 53.3 Å². The number of carbonyl (C=O) groups excluding carboxylic acids is 1. The highest BCUT2D eigenvalue weighted by atomic mass is 16.7. The highest BCUT2D eigenvalue weighted by molar-refractivity contribution is 5.79. The minimum atomic E-state index is -1.30. The number of hydrogen-bond donors (Lipinski definition) is 4. The van der Waals surface area contributed by atoms with Crippen molar-refractivity contribution in [2.24, 2.45) is 50.2 Å². The monoisotopic (exact) mass is 660 g/mol. The average Bonchev–Trinajstić information content (AvgIpc) is 2.98. The van der Waals surface area contributed by atoms with Gasteiger partial charge >= 0.3 is 17.9 Å². The number of esters is 1. The van der Waals surface area contributed by atoms with Crippen LogP contribution in [-0.4, -0.2) is 75.6 Å². The summed E-state index contributed by atoms with van der Waals surface area (Å²) in [6.07, 6.45) is 4.54. The van der Waals surface area contributed by atoms with Gasteiger partial charge in [0.1, 0.15) is 12.2 Å². The summed E-state index contributed by atoms with van der Waals surface area (Å²) >= 11 is 0. The number of aliphatic hydroxyl groups is 2. The zero-order chi connectivity index (χ0) is 34.5. The lowest BCUT2D eigenvalue weighted by atomic mass is 9.33. The smallest absolute Gasteiger partial charge is 0.310 e. The molecule has 0 aromatic rings. The van der Waals surface area contributed by atoms with Crippen molar-refractivity contribution < 1.29 is 49.0 Å². The van der Waals surface area contributed by atoms with Crippen LogP contribution in [0.25, 0.3) is 0 Å². The molecule has 0 aromatic carbocycles. The molecule has 7 unspecified atom stereocenters. The minimum Gasteiger partial charge on any atom is -0.481 e. The summed E-state index contributed by atoms with van der Waals surface area (Å²) in [7, 11) is 0. The first kappa shape index (κ1) is 34.8. The third-order valence-corrected chi connectivity index (χ3v) is 15.3. The molecule has 4 N–H and O–H groups in total. The lowest BCUT2D eigenvalue weighted by Crippen LogP contribution is -2.66. The molecule has 1 saturated heterocycles. The SMILES string of the molecule is CC(=O)O[C@H]1[C@H](OC2CCC3(C)C(CCC4(C)C3CC=C3C5C[C@](C)(C(=O)O)CCC5(C(=O)O)CC[C@]34C)C2(C)C)OC[C@@H](O)[C@H]1O. The second-order valence-corrected chi connectivity index (χ2v) is 17.7. The lowest BCUT2D eigenvalue weighted by molar-refractivity contribution is -0.310. The summed E-state index contributed by atoms with van der Waals surface area (Å²) in [6.45, 7) is 14.7. The Labute approximate surface area is 278 Å². The van der Waals surface area contributed by atoms with Crippen LogP contribution in [-0.2, 0) is 28.6 Å². The molecular formula is C37H56O10. The molecule has 1 aliphatic heterocycles. The van der Waals surface area contributed by atoms with E-state index in [0.717, 1.165) is 38.5 Å². The van der Waals surface area contributed by atoms with E-state index in [0.29, 0.717) is 37.5 Å². The Kier molecular flexibility index (Phi) is 8.34. The standard InChI is InChI=1S/C37H56O10/c1-20(38)46-28-27(40)23(39)19-45-29(28)47-26-11-12-34(5)24(32(26,2)3)10-13-36(7)25(34)9-8-21-22-18-33(4,30(41)42)14-16-37(22,31(43)44)17-15-35(21,36)6/h8,22-29,39-40H,9-19H2,1-7H3,(H,41,42)(H,43,44)/t22?,23-,24?,25?,26?,27-,28-,29+,33-,34?,35-,36?,37?/m1/s1. The number of allylic oxidation sites excluding steroid dienone is 2. The number of carboxylic acid groups (broad SMARTS) is 2. The number of fused-ring (bicyclic) bond motifs is 7. The van der Waals surface area contributed by atoms with E-state index in [4.69, 9.17) is 14.2 Å².